The van der Waals surface area contributed by atoms with Crippen molar-refractivity contribution in [2.45, 2.75) is 65.3 Å². The quantitative estimate of drug-likeness (QED) is 0.200. The molecule has 1 aromatic heterocycles. The van der Waals surface area contributed by atoms with Crippen LogP contribution in [-0.4, -0.2) is 28.6 Å². The molecule has 0 unspecified atom stereocenters. The number of para-hydroxylation sites is 2. The number of unbranched alkanes of at least 4 members (excludes halogenated alkanes) is 3. The van der Waals surface area contributed by atoms with Crippen molar-refractivity contribution >= 4 is 16.9 Å². The zero-order valence-corrected chi connectivity index (χ0v) is 22.2. The monoisotopic (exact) mass is 497 g/mol. The van der Waals surface area contributed by atoms with Crippen LogP contribution >= 0.6 is 0 Å². The second kappa shape index (κ2) is 13.6. The highest BCUT2D eigenvalue weighted by Crippen LogP contribution is 2.20. The van der Waals surface area contributed by atoms with Crippen molar-refractivity contribution in [3.8, 4) is 5.75 Å². The molecule has 0 atom stereocenters. The van der Waals surface area contributed by atoms with Crippen LogP contribution in [0.3, 0.4) is 0 Å². The van der Waals surface area contributed by atoms with Crippen molar-refractivity contribution in [2.75, 3.05) is 13.2 Å². The molecule has 0 saturated carbocycles. The maximum atomic E-state index is 12.1. The lowest BCUT2D eigenvalue weighted by molar-refractivity contribution is -0.120. The van der Waals surface area contributed by atoms with Gasteiger partial charge in [0.15, 0.2) is 0 Å². The summed E-state index contributed by atoms with van der Waals surface area (Å²) in [5, 5.41) is 3.05. The minimum absolute atomic E-state index is 0.0921. The van der Waals surface area contributed by atoms with Crippen LogP contribution in [0.15, 0.2) is 72.8 Å². The van der Waals surface area contributed by atoms with Crippen LogP contribution in [0.2, 0.25) is 0 Å². The molecule has 4 aromatic rings. The number of hydrogen-bond donors (Lipinski definition) is 1. The zero-order chi connectivity index (χ0) is 25.9. The van der Waals surface area contributed by atoms with E-state index < -0.39 is 0 Å². The van der Waals surface area contributed by atoms with Gasteiger partial charge in [-0.2, -0.15) is 0 Å². The van der Waals surface area contributed by atoms with Gasteiger partial charge in [-0.25, -0.2) is 4.98 Å². The first kappa shape index (κ1) is 26.5. The van der Waals surface area contributed by atoms with Crippen LogP contribution in [0.5, 0.6) is 5.75 Å². The van der Waals surface area contributed by atoms with Crippen molar-refractivity contribution in [3.05, 3.63) is 95.3 Å². The van der Waals surface area contributed by atoms with Crippen molar-refractivity contribution in [1.29, 1.82) is 0 Å². The van der Waals surface area contributed by atoms with Gasteiger partial charge in [-0.1, -0.05) is 55.0 Å². The number of amides is 1. The number of rotatable bonds is 14. The third kappa shape index (κ3) is 8.21. The molecular weight excluding hydrogens is 458 g/mol. The topological polar surface area (TPSA) is 56.1 Å². The van der Waals surface area contributed by atoms with Gasteiger partial charge in [-0.05, 0) is 80.5 Å². The predicted octanol–water partition coefficient (Wildman–Crippen LogP) is 6.58. The minimum Gasteiger partial charge on any atom is -0.494 e. The van der Waals surface area contributed by atoms with Gasteiger partial charge < -0.3 is 14.6 Å². The highest BCUT2D eigenvalue weighted by Gasteiger charge is 2.10. The van der Waals surface area contributed by atoms with Crippen molar-refractivity contribution < 1.29 is 9.53 Å². The number of imidazole rings is 1. The Labute approximate surface area is 220 Å². The fourth-order valence-corrected chi connectivity index (χ4v) is 4.80. The molecule has 3 aromatic carbocycles. The first-order valence-corrected chi connectivity index (χ1v) is 13.5. The van der Waals surface area contributed by atoms with Gasteiger partial charge >= 0.3 is 0 Å². The second-order valence-corrected chi connectivity index (χ2v) is 9.87. The van der Waals surface area contributed by atoms with E-state index >= 15 is 0 Å². The van der Waals surface area contributed by atoms with E-state index in [1.807, 2.05) is 30.3 Å². The maximum Gasteiger partial charge on any atom is 0.224 e. The Kier molecular flexibility index (Phi) is 9.75. The molecule has 194 valence electrons. The van der Waals surface area contributed by atoms with Gasteiger partial charge in [-0.15, -0.1) is 0 Å². The highest BCUT2D eigenvalue weighted by atomic mass is 16.5. The van der Waals surface area contributed by atoms with Crippen LogP contribution in [0, 0.1) is 13.8 Å². The molecule has 0 aliphatic heterocycles. The number of carbonyl (C=O) groups excluding carboxylic acids is 1. The molecule has 0 fully saturated rings. The van der Waals surface area contributed by atoms with Gasteiger partial charge in [0.05, 0.1) is 24.1 Å². The lowest BCUT2D eigenvalue weighted by Gasteiger charge is -2.11. The Morgan fingerprint density at radius 1 is 0.865 bits per heavy atom. The molecule has 0 aliphatic carbocycles. The number of hydrogen-bond acceptors (Lipinski definition) is 3. The zero-order valence-electron chi connectivity index (χ0n) is 22.2. The molecule has 1 amide bonds. The Morgan fingerprint density at radius 3 is 2.43 bits per heavy atom. The Morgan fingerprint density at radius 2 is 1.62 bits per heavy atom. The molecule has 0 bridgehead atoms. The number of fused-ring (bicyclic) bond motifs is 1. The first-order chi connectivity index (χ1) is 18.1. The van der Waals surface area contributed by atoms with Crippen molar-refractivity contribution in [1.82, 2.24) is 14.9 Å². The van der Waals surface area contributed by atoms with E-state index in [2.05, 4.69) is 66.2 Å². The molecule has 0 saturated heterocycles. The lowest BCUT2D eigenvalue weighted by atomic mass is 10.1. The van der Waals surface area contributed by atoms with Gasteiger partial charge in [0, 0.05) is 19.5 Å². The summed E-state index contributed by atoms with van der Waals surface area (Å²) in [5.74, 6) is 2.21. The average molecular weight is 498 g/mol. The fraction of sp³-hybridized carbons (Fsp3) is 0.375. The van der Waals surface area contributed by atoms with E-state index in [0.29, 0.717) is 6.42 Å². The maximum absolute atomic E-state index is 12.1. The van der Waals surface area contributed by atoms with E-state index in [0.717, 1.165) is 80.9 Å². The van der Waals surface area contributed by atoms with Crippen molar-refractivity contribution in [2.24, 2.45) is 0 Å². The molecule has 1 heterocycles. The summed E-state index contributed by atoms with van der Waals surface area (Å²) in [4.78, 5) is 17.1. The molecule has 0 radical (unpaired) electrons. The number of nitrogens with one attached hydrogen (secondary N) is 1. The van der Waals surface area contributed by atoms with E-state index in [1.54, 1.807) is 0 Å². The van der Waals surface area contributed by atoms with Crippen LogP contribution in [0.25, 0.3) is 11.0 Å². The van der Waals surface area contributed by atoms with Crippen molar-refractivity contribution in [3.63, 3.8) is 0 Å². The third-order valence-corrected chi connectivity index (χ3v) is 6.58. The molecule has 5 nitrogen and oxygen atoms in total. The Balaban J connectivity index is 1.20. The van der Waals surface area contributed by atoms with E-state index in [-0.39, 0.29) is 5.91 Å². The summed E-state index contributed by atoms with van der Waals surface area (Å²) in [7, 11) is 0. The number of carbonyl (C=O) groups is 1. The number of benzene rings is 3. The number of nitrogens with zero attached hydrogens (tertiary/aromatic N) is 2. The minimum atomic E-state index is 0.0921. The summed E-state index contributed by atoms with van der Waals surface area (Å²) < 4.78 is 8.39. The summed E-state index contributed by atoms with van der Waals surface area (Å²) in [6.07, 6.45) is 6.56. The third-order valence-electron chi connectivity index (χ3n) is 6.58. The summed E-state index contributed by atoms with van der Waals surface area (Å²) >= 11 is 0. The largest absolute Gasteiger partial charge is 0.494 e. The predicted molar refractivity (Wildman–Crippen MR) is 151 cm³/mol. The average Bonchev–Trinajstić information content (AvgIpc) is 3.23. The van der Waals surface area contributed by atoms with Crippen LogP contribution < -0.4 is 10.1 Å². The lowest BCUT2D eigenvalue weighted by Crippen LogP contribution is -2.26. The standard InChI is InChI=1S/C32H39N3O2/c1-25-21-26(2)23-28(22-25)37-20-12-11-19-35-30-16-9-8-15-29(30)34-31(35)17-7-4-10-18-33-32(36)24-27-13-5-3-6-14-27/h3,5-6,8-9,13-16,21-23H,4,7,10-12,17-20,24H2,1-2H3,(H,33,36). The van der Waals surface area contributed by atoms with Crippen LogP contribution in [0.1, 0.15) is 54.6 Å². The van der Waals surface area contributed by atoms with E-state index in [1.165, 1.54) is 16.6 Å². The molecule has 1 N–H and O–H groups in total. The van der Waals surface area contributed by atoms with Gasteiger partial charge in [0.2, 0.25) is 5.91 Å². The summed E-state index contributed by atoms with van der Waals surface area (Å²) in [6.45, 7) is 6.60. The van der Waals surface area contributed by atoms with Crippen LogP contribution in [0.4, 0.5) is 0 Å². The fourth-order valence-electron chi connectivity index (χ4n) is 4.80. The van der Waals surface area contributed by atoms with Crippen LogP contribution in [-0.2, 0) is 24.2 Å². The van der Waals surface area contributed by atoms with E-state index in [4.69, 9.17) is 9.72 Å². The first-order valence-electron chi connectivity index (χ1n) is 13.5. The Hall–Kier alpha value is -3.60. The molecule has 4 rings (SSSR count). The SMILES string of the molecule is Cc1cc(C)cc(OCCCCn2c(CCCCCNC(=O)Cc3ccccc3)nc3ccccc32)c1. The normalized spacial score (nSPS) is 11.1. The van der Waals surface area contributed by atoms with Gasteiger partial charge in [0.1, 0.15) is 11.6 Å². The second-order valence-electron chi connectivity index (χ2n) is 9.87. The van der Waals surface area contributed by atoms with Gasteiger partial charge in [-0.3, -0.25) is 4.79 Å². The molecule has 37 heavy (non-hydrogen) atoms. The molecule has 5 heteroatoms. The molecule has 0 spiro atoms. The number of ether oxygens (including phenoxy) is 1. The number of aromatic nitrogens is 2. The molecular formula is C32H39N3O2. The highest BCUT2D eigenvalue weighted by molar-refractivity contribution is 5.78. The van der Waals surface area contributed by atoms with E-state index in [9.17, 15) is 4.79 Å². The number of aryl methyl sites for hydroxylation is 4. The Bertz CT molecular complexity index is 1260. The summed E-state index contributed by atoms with van der Waals surface area (Å²) in [5.41, 5.74) is 5.80. The molecule has 0 aliphatic rings. The smallest absolute Gasteiger partial charge is 0.224 e. The van der Waals surface area contributed by atoms with Gasteiger partial charge in [0.25, 0.3) is 0 Å². The summed E-state index contributed by atoms with van der Waals surface area (Å²) in [6, 6.07) is 24.7.